The van der Waals surface area contributed by atoms with Crippen LogP contribution in [0.2, 0.25) is 0 Å². The topological polar surface area (TPSA) is 98.0 Å². The van der Waals surface area contributed by atoms with Crippen LogP contribution in [0.3, 0.4) is 0 Å². The van der Waals surface area contributed by atoms with E-state index in [0.717, 1.165) is 5.56 Å². The van der Waals surface area contributed by atoms with E-state index >= 15 is 0 Å². The first kappa shape index (κ1) is 20.7. The molecule has 10 heteroatoms. The van der Waals surface area contributed by atoms with E-state index in [1.165, 1.54) is 0 Å². The molecule has 1 atom stereocenters. The third-order valence-electron chi connectivity index (χ3n) is 5.47. The van der Waals surface area contributed by atoms with Gasteiger partial charge in [-0.1, -0.05) is 17.3 Å². The Kier molecular flexibility index (Phi) is 5.87. The highest BCUT2D eigenvalue weighted by atomic mass is 32.1. The molecule has 3 aromatic rings. The first-order chi connectivity index (χ1) is 15.7. The lowest BCUT2D eigenvalue weighted by Crippen LogP contribution is -2.54. The Labute approximate surface area is 188 Å². The third kappa shape index (κ3) is 4.23. The number of para-hydroxylation sites is 2. The number of amides is 2. The van der Waals surface area contributed by atoms with E-state index in [0.29, 0.717) is 55.9 Å². The van der Waals surface area contributed by atoms with Crippen molar-refractivity contribution >= 4 is 28.8 Å². The number of carbonyl (C=O) groups excluding carboxylic acids is 2. The lowest BCUT2D eigenvalue weighted by Gasteiger charge is -2.37. The van der Waals surface area contributed by atoms with Crippen molar-refractivity contribution in [3.05, 3.63) is 47.0 Å². The number of nitrogens with zero attached hydrogens (tertiary/aromatic N) is 4. The first-order valence-electron chi connectivity index (χ1n) is 10.5. The van der Waals surface area contributed by atoms with E-state index in [4.69, 9.17) is 14.0 Å². The molecule has 1 fully saturated rings. The number of rotatable bonds is 5. The minimum Gasteiger partial charge on any atom is -0.476 e. The van der Waals surface area contributed by atoms with Crippen molar-refractivity contribution in [2.75, 3.05) is 37.7 Å². The van der Waals surface area contributed by atoms with Gasteiger partial charge in [0.15, 0.2) is 6.10 Å². The number of fused-ring (bicyclic) bond motifs is 1. The van der Waals surface area contributed by atoms with Crippen LogP contribution < -0.4 is 9.64 Å². The van der Waals surface area contributed by atoms with Crippen LogP contribution in [0.4, 0.5) is 5.69 Å². The molecule has 9 nitrogen and oxygen atoms in total. The molecule has 2 aliphatic rings. The molecule has 0 spiro atoms. The summed E-state index contributed by atoms with van der Waals surface area (Å²) in [5.41, 5.74) is 1.55. The van der Waals surface area contributed by atoms with Crippen LogP contribution in [-0.2, 0) is 20.7 Å². The Balaban J connectivity index is 1.29. The second-order valence-corrected chi connectivity index (χ2v) is 8.32. The van der Waals surface area contributed by atoms with Crippen LogP contribution in [-0.4, -0.2) is 65.8 Å². The number of anilines is 1. The standard InChI is InChI=1S/C22H22N4O5S/c27-20(6-5-19-23-21(24-31-19)15-7-12-32-14-15)26-13-18(22(28)25-8-10-29-11-9-25)30-17-4-2-1-3-16(17)26/h1-4,7,12,14,18H,5-6,8-11,13H2/t18-/m1/s1. The summed E-state index contributed by atoms with van der Waals surface area (Å²) in [6.45, 7) is 2.23. The number of benzene rings is 1. The normalized spacial score (nSPS) is 18.2. The Bertz CT molecular complexity index is 1090. The first-order valence-corrected chi connectivity index (χ1v) is 11.4. The number of morpholine rings is 1. The highest BCUT2D eigenvalue weighted by Crippen LogP contribution is 2.34. The molecule has 32 heavy (non-hydrogen) atoms. The van der Waals surface area contributed by atoms with Gasteiger partial charge >= 0.3 is 0 Å². The third-order valence-corrected chi connectivity index (χ3v) is 6.16. The fourth-order valence-electron chi connectivity index (χ4n) is 3.80. The zero-order chi connectivity index (χ0) is 21.9. The number of aromatic nitrogens is 2. The molecule has 2 aromatic heterocycles. The Morgan fingerprint density at radius 2 is 2.00 bits per heavy atom. The smallest absolute Gasteiger partial charge is 0.265 e. The number of hydrogen-bond acceptors (Lipinski definition) is 8. The van der Waals surface area contributed by atoms with Gasteiger partial charge in [-0.15, -0.1) is 0 Å². The maximum Gasteiger partial charge on any atom is 0.265 e. The molecular formula is C22H22N4O5S. The number of aryl methyl sites for hydroxylation is 1. The van der Waals surface area contributed by atoms with Gasteiger partial charge in [0.05, 0.1) is 25.4 Å². The van der Waals surface area contributed by atoms with Gasteiger partial charge in [-0.3, -0.25) is 9.59 Å². The molecule has 4 heterocycles. The van der Waals surface area contributed by atoms with Gasteiger partial charge in [0, 0.05) is 36.9 Å². The Morgan fingerprint density at radius 1 is 1.16 bits per heavy atom. The van der Waals surface area contributed by atoms with E-state index in [9.17, 15) is 9.59 Å². The van der Waals surface area contributed by atoms with Gasteiger partial charge in [0.25, 0.3) is 5.91 Å². The quantitative estimate of drug-likeness (QED) is 0.584. The van der Waals surface area contributed by atoms with Gasteiger partial charge in [0.1, 0.15) is 5.75 Å². The summed E-state index contributed by atoms with van der Waals surface area (Å²) >= 11 is 1.55. The van der Waals surface area contributed by atoms with E-state index < -0.39 is 6.10 Å². The predicted octanol–water partition coefficient (Wildman–Crippen LogP) is 2.38. The number of carbonyl (C=O) groups is 2. The molecule has 0 unspecified atom stereocenters. The fourth-order valence-corrected chi connectivity index (χ4v) is 4.44. The molecule has 0 N–H and O–H groups in total. The Morgan fingerprint density at radius 3 is 2.81 bits per heavy atom. The average Bonchev–Trinajstić information content (AvgIpc) is 3.54. The van der Waals surface area contributed by atoms with Crippen molar-refractivity contribution in [3.8, 4) is 17.1 Å². The summed E-state index contributed by atoms with van der Waals surface area (Å²) in [4.78, 5) is 33.9. The largest absolute Gasteiger partial charge is 0.476 e. The number of thiophene rings is 1. The molecule has 2 aliphatic heterocycles. The van der Waals surface area contributed by atoms with E-state index in [1.807, 2.05) is 35.0 Å². The highest BCUT2D eigenvalue weighted by Gasteiger charge is 2.36. The lowest BCUT2D eigenvalue weighted by molar-refractivity contribution is -0.142. The second-order valence-electron chi connectivity index (χ2n) is 7.54. The van der Waals surface area contributed by atoms with Gasteiger partial charge in [-0.05, 0) is 23.6 Å². The van der Waals surface area contributed by atoms with Crippen molar-refractivity contribution in [2.45, 2.75) is 18.9 Å². The molecule has 5 rings (SSSR count). The van der Waals surface area contributed by atoms with E-state index in [2.05, 4.69) is 10.1 Å². The molecule has 2 amide bonds. The van der Waals surface area contributed by atoms with E-state index in [1.54, 1.807) is 27.2 Å². The van der Waals surface area contributed by atoms with Gasteiger partial charge in [0.2, 0.25) is 17.6 Å². The Hall–Kier alpha value is -3.24. The molecule has 0 aliphatic carbocycles. The monoisotopic (exact) mass is 454 g/mol. The van der Waals surface area contributed by atoms with Gasteiger partial charge in [-0.25, -0.2) is 0 Å². The number of hydrogen-bond donors (Lipinski definition) is 0. The summed E-state index contributed by atoms with van der Waals surface area (Å²) in [5, 5.41) is 7.87. The van der Waals surface area contributed by atoms with Gasteiger partial charge in [-0.2, -0.15) is 16.3 Å². The predicted molar refractivity (Wildman–Crippen MR) is 117 cm³/mol. The maximum atomic E-state index is 13.2. The molecular weight excluding hydrogens is 432 g/mol. The SMILES string of the molecule is O=C([C@H]1CN(C(=O)CCc2nc(-c3ccsc3)no2)c2ccccc2O1)N1CCOCC1. The fraction of sp³-hybridized carbons (Fsp3) is 0.364. The van der Waals surface area contributed by atoms with Crippen molar-refractivity contribution < 1.29 is 23.6 Å². The average molecular weight is 455 g/mol. The van der Waals surface area contributed by atoms with Crippen LogP contribution >= 0.6 is 11.3 Å². The second kappa shape index (κ2) is 9.09. The van der Waals surface area contributed by atoms with Gasteiger partial charge < -0.3 is 23.8 Å². The zero-order valence-electron chi connectivity index (χ0n) is 17.3. The maximum absolute atomic E-state index is 13.2. The molecule has 1 saturated heterocycles. The van der Waals surface area contributed by atoms with Crippen LogP contribution in [0.5, 0.6) is 5.75 Å². The molecule has 1 aromatic carbocycles. The minimum absolute atomic E-state index is 0.127. The molecule has 166 valence electrons. The zero-order valence-corrected chi connectivity index (χ0v) is 18.1. The highest BCUT2D eigenvalue weighted by molar-refractivity contribution is 7.08. The summed E-state index contributed by atoms with van der Waals surface area (Å²) in [5.74, 6) is 1.19. The van der Waals surface area contributed by atoms with Crippen LogP contribution in [0, 0.1) is 0 Å². The lowest BCUT2D eigenvalue weighted by atomic mass is 10.1. The molecule has 0 saturated carbocycles. The van der Waals surface area contributed by atoms with Crippen molar-refractivity contribution in [3.63, 3.8) is 0 Å². The summed E-state index contributed by atoms with van der Waals surface area (Å²) in [6, 6.07) is 9.19. The van der Waals surface area contributed by atoms with Crippen molar-refractivity contribution in [2.24, 2.45) is 0 Å². The molecule has 0 bridgehead atoms. The summed E-state index contributed by atoms with van der Waals surface area (Å²) in [6.07, 6.45) is -0.254. The molecule has 0 radical (unpaired) electrons. The summed E-state index contributed by atoms with van der Waals surface area (Å²) < 4.78 is 16.6. The van der Waals surface area contributed by atoms with Crippen LogP contribution in [0.25, 0.3) is 11.4 Å². The van der Waals surface area contributed by atoms with Crippen LogP contribution in [0.15, 0.2) is 45.6 Å². The van der Waals surface area contributed by atoms with Crippen LogP contribution in [0.1, 0.15) is 12.3 Å². The number of ether oxygens (including phenoxy) is 2. The summed E-state index contributed by atoms with van der Waals surface area (Å²) in [7, 11) is 0. The van der Waals surface area contributed by atoms with Crippen molar-refractivity contribution in [1.29, 1.82) is 0 Å². The minimum atomic E-state index is -0.749. The van der Waals surface area contributed by atoms with E-state index in [-0.39, 0.29) is 24.8 Å². The van der Waals surface area contributed by atoms with Crippen molar-refractivity contribution in [1.82, 2.24) is 15.0 Å².